The molecule has 1 N–H and O–H groups in total. The van der Waals surface area contributed by atoms with Crippen molar-refractivity contribution in [3.8, 4) is 0 Å². The van der Waals surface area contributed by atoms with Crippen LogP contribution in [0, 0.1) is 0 Å². The Morgan fingerprint density at radius 2 is 1.85 bits per heavy atom. The fourth-order valence-electron chi connectivity index (χ4n) is 2.53. The molecule has 0 spiro atoms. The largest absolute Gasteiger partial charge is 0.319 e. The monoisotopic (exact) mass is 363 g/mol. The quantitative estimate of drug-likeness (QED) is 0.602. The predicted molar refractivity (Wildman–Crippen MR) is 99.4 cm³/mol. The predicted octanol–water partition coefficient (Wildman–Crippen LogP) is 2.55. The van der Waals surface area contributed by atoms with Gasteiger partial charge in [-0.2, -0.15) is 13.8 Å². The number of anilines is 1. The number of hydrogen-bond acceptors (Lipinski definition) is 6. The van der Waals surface area contributed by atoms with Crippen molar-refractivity contribution in [2.45, 2.75) is 6.54 Å². The second-order valence-corrected chi connectivity index (χ2v) is 6.12. The highest BCUT2D eigenvalue weighted by molar-refractivity contribution is 7.00. The average Bonchev–Trinajstić information content (AvgIpc) is 3.14. The van der Waals surface area contributed by atoms with E-state index >= 15 is 0 Å². The van der Waals surface area contributed by atoms with Crippen LogP contribution in [0.4, 0.5) is 5.69 Å². The molecule has 2 heterocycles. The smallest absolute Gasteiger partial charge is 0.276 e. The standard InChI is InChI=1S/C18H13N5O2S/c24-16-10-9-15(20-23(16)11-12-5-2-1-3-6-12)18(25)19-13-7-4-8-14-17(13)22-26-21-14/h1-10H,11H2,(H,19,25). The Labute approximate surface area is 152 Å². The number of carbonyl (C=O) groups excluding carboxylic acids is 1. The molecule has 2 aromatic carbocycles. The van der Waals surface area contributed by atoms with Crippen molar-refractivity contribution in [3.05, 3.63) is 82.3 Å². The van der Waals surface area contributed by atoms with E-state index in [1.54, 1.807) is 12.1 Å². The summed E-state index contributed by atoms with van der Waals surface area (Å²) in [6, 6.07) is 17.6. The van der Waals surface area contributed by atoms with Crippen LogP contribution < -0.4 is 10.9 Å². The third kappa shape index (κ3) is 3.22. The molecule has 0 bridgehead atoms. The molecule has 26 heavy (non-hydrogen) atoms. The zero-order valence-electron chi connectivity index (χ0n) is 13.5. The van der Waals surface area contributed by atoms with Crippen molar-refractivity contribution in [2.24, 2.45) is 0 Å². The summed E-state index contributed by atoms with van der Waals surface area (Å²) in [5, 5.41) is 6.98. The molecule has 7 nitrogen and oxygen atoms in total. The maximum absolute atomic E-state index is 12.6. The van der Waals surface area contributed by atoms with Gasteiger partial charge in [0.15, 0.2) is 0 Å². The first kappa shape index (κ1) is 16.1. The summed E-state index contributed by atoms with van der Waals surface area (Å²) in [6.07, 6.45) is 0. The third-order valence-corrected chi connectivity index (χ3v) is 4.35. The van der Waals surface area contributed by atoms with Crippen molar-refractivity contribution in [1.29, 1.82) is 0 Å². The molecule has 2 aromatic heterocycles. The number of aromatic nitrogens is 4. The van der Waals surface area contributed by atoms with Crippen LogP contribution in [0.25, 0.3) is 11.0 Å². The van der Waals surface area contributed by atoms with E-state index in [4.69, 9.17) is 0 Å². The minimum atomic E-state index is -0.410. The van der Waals surface area contributed by atoms with Crippen LogP contribution in [0.15, 0.2) is 65.5 Å². The molecule has 0 radical (unpaired) electrons. The molecule has 0 aliphatic carbocycles. The van der Waals surface area contributed by atoms with Crippen LogP contribution >= 0.6 is 11.7 Å². The van der Waals surface area contributed by atoms with E-state index in [9.17, 15) is 9.59 Å². The van der Waals surface area contributed by atoms with E-state index < -0.39 is 5.91 Å². The SMILES string of the molecule is O=C(Nc1cccc2nsnc12)c1ccc(=O)n(Cc2ccccc2)n1. The summed E-state index contributed by atoms with van der Waals surface area (Å²) in [5.41, 5.74) is 2.72. The van der Waals surface area contributed by atoms with Gasteiger partial charge < -0.3 is 5.32 Å². The van der Waals surface area contributed by atoms with Crippen molar-refractivity contribution in [1.82, 2.24) is 18.5 Å². The number of amides is 1. The van der Waals surface area contributed by atoms with Crippen LogP contribution in [-0.4, -0.2) is 24.4 Å². The molecule has 0 aliphatic rings. The first-order chi connectivity index (χ1) is 12.7. The maximum Gasteiger partial charge on any atom is 0.276 e. The summed E-state index contributed by atoms with van der Waals surface area (Å²) in [4.78, 5) is 24.6. The first-order valence-electron chi connectivity index (χ1n) is 7.85. The van der Waals surface area contributed by atoms with Gasteiger partial charge in [-0.05, 0) is 23.8 Å². The van der Waals surface area contributed by atoms with Crippen LogP contribution in [0.3, 0.4) is 0 Å². The Morgan fingerprint density at radius 3 is 2.69 bits per heavy atom. The van der Waals surface area contributed by atoms with Gasteiger partial charge in [0, 0.05) is 6.07 Å². The van der Waals surface area contributed by atoms with Crippen LogP contribution in [0.5, 0.6) is 0 Å². The Balaban J connectivity index is 1.61. The lowest BCUT2D eigenvalue weighted by Crippen LogP contribution is -2.26. The summed E-state index contributed by atoms with van der Waals surface area (Å²) in [7, 11) is 0. The number of benzene rings is 2. The normalized spacial score (nSPS) is 10.8. The summed E-state index contributed by atoms with van der Waals surface area (Å²) < 4.78 is 9.62. The first-order valence-corrected chi connectivity index (χ1v) is 8.58. The lowest BCUT2D eigenvalue weighted by atomic mass is 10.2. The Bertz CT molecular complexity index is 1140. The van der Waals surface area contributed by atoms with Gasteiger partial charge in [-0.25, -0.2) is 4.68 Å². The molecule has 8 heteroatoms. The molecule has 0 saturated carbocycles. The van der Waals surface area contributed by atoms with Gasteiger partial charge in [0.25, 0.3) is 11.5 Å². The van der Waals surface area contributed by atoms with E-state index in [-0.39, 0.29) is 11.3 Å². The second kappa shape index (κ2) is 6.85. The third-order valence-electron chi connectivity index (χ3n) is 3.81. The fraction of sp³-hybridized carbons (Fsp3) is 0.0556. The van der Waals surface area contributed by atoms with E-state index in [2.05, 4.69) is 19.2 Å². The van der Waals surface area contributed by atoms with Gasteiger partial charge in [0.05, 0.1) is 24.0 Å². The van der Waals surface area contributed by atoms with Crippen molar-refractivity contribution in [2.75, 3.05) is 5.32 Å². The Morgan fingerprint density at radius 1 is 1.00 bits per heavy atom. The average molecular weight is 363 g/mol. The molecule has 4 rings (SSSR count). The summed E-state index contributed by atoms with van der Waals surface area (Å²) >= 11 is 1.08. The molecular formula is C18H13N5O2S. The molecule has 128 valence electrons. The van der Waals surface area contributed by atoms with Gasteiger partial charge in [-0.1, -0.05) is 36.4 Å². The number of carbonyl (C=O) groups is 1. The molecule has 0 atom stereocenters. The summed E-state index contributed by atoms with van der Waals surface area (Å²) in [5.74, 6) is -0.410. The lowest BCUT2D eigenvalue weighted by Gasteiger charge is -2.08. The van der Waals surface area contributed by atoms with E-state index in [0.717, 1.165) is 22.8 Å². The minimum absolute atomic E-state index is 0.153. The van der Waals surface area contributed by atoms with E-state index in [1.165, 1.54) is 16.8 Å². The second-order valence-electron chi connectivity index (χ2n) is 5.59. The van der Waals surface area contributed by atoms with Crippen molar-refractivity contribution < 1.29 is 4.79 Å². The van der Waals surface area contributed by atoms with Crippen LogP contribution in [-0.2, 0) is 6.54 Å². The maximum atomic E-state index is 12.6. The molecule has 0 fully saturated rings. The zero-order valence-corrected chi connectivity index (χ0v) is 14.3. The summed E-state index contributed by atoms with van der Waals surface area (Å²) in [6.45, 7) is 0.298. The van der Waals surface area contributed by atoms with Crippen molar-refractivity contribution in [3.63, 3.8) is 0 Å². The number of nitrogens with one attached hydrogen (secondary N) is 1. The molecule has 4 aromatic rings. The lowest BCUT2D eigenvalue weighted by molar-refractivity contribution is 0.102. The van der Waals surface area contributed by atoms with Crippen molar-refractivity contribution >= 4 is 34.4 Å². The molecule has 0 saturated heterocycles. The topological polar surface area (TPSA) is 89.8 Å². The van der Waals surface area contributed by atoms with Gasteiger partial charge >= 0.3 is 0 Å². The van der Waals surface area contributed by atoms with Gasteiger partial charge in [-0.3, -0.25) is 9.59 Å². The molecule has 0 aliphatic heterocycles. The van der Waals surface area contributed by atoms with Gasteiger partial charge in [0.2, 0.25) is 0 Å². The number of rotatable bonds is 4. The number of fused-ring (bicyclic) bond motifs is 1. The highest BCUT2D eigenvalue weighted by atomic mass is 32.1. The Kier molecular flexibility index (Phi) is 4.24. The molecule has 1 amide bonds. The zero-order chi connectivity index (χ0) is 17.9. The van der Waals surface area contributed by atoms with Gasteiger partial charge in [-0.15, -0.1) is 0 Å². The molecular weight excluding hydrogens is 350 g/mol. The van der Waals surface area contributed by atoms with E-state index in [1.807, 2.05) is 36.4 Å². The Hall–Kier alpha value is -3.39. The number of hydrogen-bond donors (Lipinski definition) is 1. The van der Waals surface area contributed by atoms with E-state index in [0.29, 0.717) is 17.7 Å². The molecule has 0 unspecified atom stereocenters. The highest BCUT2D eigenvalue weighted by Crippen LogP contribution is 2.21. The van der Waals surface area contributed by atoms with Crippen LogP contribution in [0.2, 0.25) is 0 Å². The van der Waals surface area contributed by atoms with Crippen LogP contribution in [0.1, 0.15) is 16.1 Å². The fourth-order valence-corrected chi connectivity index (χ4v) is 3.08. The number of nitrogens with zero attached hydrogens (tertiary/aromatic N) is 4. The minimum Gasteiger partial charge on any atom is -0.319 e. The highest BCUT2D eigenvalue weighted by Gasteiger charge is 2.13. The van der Waals surface area contributed by atoms with Gasteiger partial charge in [0.1, 0.15) is 16.7 Å².